The van der Waals surface area contributed by atoms with Crippen LogP contribution in [0.25, 0.3) is 0 Å². The molecule has 0 bridgehead atoms. The van der Waals surface area contributed by atoms with E-state index < -0.39 is 0 Å². The van der Waals surface area contributed by atoms with E-state index in [2.05, 4.69) is 15.9 Å². The average Bonchev–Trinajstić information content (AvgIpc) is 2.91. The number of rotatable bonds is 8. The highest BCUT2D eigenvalue weighted by atomic mass is 79.9. The molecule has 0 spiro atoms. The number of hydrogen-bond donors (Lipinski definition) is 0. The van der Waals surface area contributed by atoms with Crippen LogP contribution < -0.4 is 0 Å². The summed E-state index contributed by atoms with van der Waals surface area (Å²) in [4.78, 5) is 23.9. The molecule has 0 radical (unpaired) electrons. The SMILES string of the molecule is O=C1C=C(C(=O)OCc2ccccc2)C(CCCCCBr)C1. The number of allylic oxidation sites excluding steroid dienone is 1. The van der Waals surface area contributed by atoms with Gasteiger partial charge in [0.25, 0.3) is 0 Å². The number of hydrogen-bond acceptors (Lipinski definition) is 3. The lowest BCUT2D eigenvalue weighted by Crippen LogP contribution is -2.13. The molecule has 1 unspecified atom stereocenters. The molecule has 1 aliphatic rings. The summed E-state index contributed by atoms with van der Waals surface area (Å²) in [5.74, 6) is -0.275. The number of benzene rings is 1. The summed E-state index contributed by atoms with van der Waals surface area (Å²) in [5.41, 5.74) is 1.51. The monoisotopic (exact) mass is 364 g/mol. The van der Waals surface area contributed by atoms with Gasteiger partial charge in [-0.3, -0.25) is 4.79 Å². The second-order valence-corrected chi connectivity index (χ2v) is 6.36. The molecular formula is C18H21BrO3. The van der Waals surface area contributed by atoms with Gasteiger partial charge in [0.05, 0.1) is 0 Å². The van der Waals surface area contributed by atoms with E-state index in [1.807, 2.05) is 30.3 Å². The molecule has 22 heavy (non-hydrogen) atoms. The first-order valence-corrected chi connectivity index (χ1v) is 8.84. The van der Waals surface area contributed by atoms with Gasteiger partial charge in [-0.05, 0) is 30.4 Å². The third-order valence-electron chi connectivity index (χ3n) is 3.84. The molecule has 0 aromatic heterocycles. The second-order valence-electron chi connectivity index (χ2n) is 5.57. The highest BCUT2D eigenvalue weighted by molar-refractivity contribution is 9.09. The summed E-state index contributed by atoms with van der Waals surface area (Å²) in [6.07, 6.45) is 6.07. The van der Waals surface area contributed by atoms with Gasteiger partial charge in [0.1, 0.15) is 6.61 Å². The third-order valence-corrected chi connectivity index (χ3v) is 4.40. The van der Waals surface area contributed by atoms with Gasteiger partial charge in [-0.15, -0.1) is 0 Å². The minimum absolute atomic E-state index is 0.0334. The van der Waals surface area contributed by atoms with Crippen LogP contribution in [0.15, 0.2) is 42.0 Å². The van der Waals surface area contributed by atoms with Crippen LogP contribution in [0, 0.1) is 5.92 Å². The van der Waals surface area contributed by atoms with E-state index in [1.165, 1.54) is 6.08 Å². The number of esters is 1. The van der Waals surface area contributed by atoms with Crippen LogP contribution in [0.2, 0.25) is 0 Å². The molecule has 1 atom stereocenters. The van der Waals surface area contributed by atoms with Crippen LogP contribution in [-0.2, 0) is 20.9 Å². The maximum absolute atomic E-state index is 12.2. The first kappa shape index (κ1) is 16.9. The minimum atomic E-state index is -0.347. The van der Waals surface area contributed by atoms with Gasteiger partial charge in [-0.1, -0.05) is 59.1 Å². The normalized spacial score (nSPS) is 17.4. The third kappa shape index (κ3) is 5.09. The zero-order valence-electron chi connectivity index (χ0n) is 12.6. The van der Waals surface area contributed by atoms with Crippen LogP contribution in [-0.4, -0.2) is 17.1 Å². The van der Waals surface area contributed by atoms with Gasteiger partial charge in [0, 0.05) is 17.3 Å². The van der Waals surface area contributed by atoms with Crippen molar-refractivity contribution in [2.45, 2.75) is 38.7 Å². The summed E-state index contributed by atoms with van der Waals surface area (Å²) in [6.45, 7) is 0.251. The Kier molecular flexibility index (Phi) is 6.84. The molecule has 1 aromatic rings. The number of carbonyl (C=O) groups is 2. The predicted molar refractivity (Wildman–Crippen MR) is 89.7 cm³/mol. The molecule has 0 N–H and O–H groups in total. The predicted octanol–water partition coefficient (Wildman–Crippen LogP) is 4.20. The Hall–Kier alpha value is -1.42. The first-order chi connectivity index (χ1) is 10.7. The van der Waals surface area contributed by atoms with Crippen LogP contribution >= 0.6 is 15.9 Å². The number of carbonyl (C=O) groups excluding carboxylic acids is 2. The van der Waals surface area contributed by atoms with Crippen molar-refractivity contribution in [3.8, 4) is 0 Å². The van der Waals surface area contributed by atoms with E-state index in [9.17, 15) is 9.59 Å². The van der Waals surface area contributed by atoms with Gasteiger partial charge >= 0.3 is 5.97 Å². The van der Waals surface area contributed by atoms with Crippen molar-refractivity contribution in [1.82, 2.24) is 0 Å². The molecule has 4 heteroatoms. The molecule has 0 saturated heterocycles. The molecular weight excluding hydrogens is 344 g/mol. The lowest BCUT2D eigenvalue weighted by molar-refractivity contribution is -0.140. The molecule has 0 heterocycles. The molecule has 3 nitrogen and oxygen atoms in total. The van der Waals surface area contributed by atoms with Gasteiger partial charge in [-0.2, -0.15) is 0 Å². The summed E-state index contributed by atoms with van der Waals surface area (Å²) in [6, 6.07) is 9.58. The van der Waals surface area contributed by atoms with E-state index in [0.717, 1.165) is 36.6 Å². The Morgan fingerprint density at radius 1 is 1.18 bits per heavy atom. The maximum Gasteiger partial charge on any atom is 0.334 e. The molecule has 0 saturated carbocycles. The highest BCUT2D eigenvalue weighted by Crippen LogP contribution is 2.29. The number of ketones is 1. The minimum Gasteiger partial charge on any atom is -0.457 e. The van der Waals surface area contributed by atoms with E-state index in [0.29, 0.717) is 12.0 Å². The zero-order valence-corrected chi connectivity index (χ0v) is 14.2. The van der Waals surface area contributed by atoms with Gasteiger partial charge in [0.2, 0.25) is 0 Å². The Balaban J connectivity index is 1.86. The van der Waals surface area contributed by atoms with E-state index in [1.54, 1.807) is 0 Å². The largest absolute Gasteiger partial charge is 0.457 e. The molecule has 1 aliphatic carbocycles. The molecule has 118 valence electrons. The fourth-order valence-corrected chi connectivity index (χ4v) is 3.05. The van der Waals surface area contributed by atoms with Crippen LogP contribution in [0.4, 0.5) is 0 Å². The molecule has 0 aliphatic heterocycles. The number of ether oxygens (including phenoxy) is 1. The van der Waals surface area contributed by atoms with Gasteiger partial charge in [0.15, 0.2) is 5.78 Å². The van der Waals surface area contributed by atoms with Crippen molar-refractivity contribution in [3.05, 3.63) is 47.5 Å². The molecule has 0 amide bonds. The summed E-state index contributed by atoms with van der Waals surface area (Å²) < 4.78 is 5.35. The topological polar surface area (TPSA) is 43.4 Å². The summed E-state index contributed by atoms with van der Waals surface area (Å²) in [5, 5.41) is 0.998. The maximum atomic E-state index is 12.2. The Bertz CT molecular complexity index is 537. The van der Waals surface area contributed by atoms with Gasteiger partial charge in [-0.25, -0.2) is 4.79 Å². The van der Waals surface area contributed by atoms with E-state index in [-0.39, 0.29) is 24.3 Å². The number of unbranched alkanes of at least 4 members (excludes halogenated alkanes) is 2. The van der Waals surface area contributed by atoms with Crippen molar-refractivity contribution in [2.24, 2.45) is 5.92 Å². The fraction of sp³-hybridized carbons (Fsp3) is 0.444. The van der Waals surface area contributed by atoms with Crippen molar-refractivity contribution in [2.75, 3.05) is 5.33 Å². The van der Waals surface area contributed by atoms with Crippen molar-refractivity contribution >= 4 is 27.7 Å². The smallest absolute Gasteiger partial charge is 0.334 e. The Morgan fingerprint density at radius 3 is 2.68 bits per heavy atom. The zero-order chi connectivity index (χ0) is 15.8. The molecule has 1 aromatic carbocycles. The van der Waals surface area contributed by atoms with E-state index in [4.69, 9.17) is 4.74 Å². The van der Waals surface area contributed by atoms with Gasteiger partial charge < -0.3 is 4.74 Å². The highest BCUT2D eigenvalue weighted by Gasteiger charge is 2.30. The Morgan fingerprint density at radius 2 is 1.95 bits per heavy atom. The summed E-state index contributed by atoms with van der Waals surface area (Å²) in [7, 11) is 0. The van der Waals surface area contributed by atoms with Crippen molar-refractivity contribution in [1.29, 1.82) is 0 Å². The van der Waals surface area contributed by atoms with Crippen LogP contribution in [0.1, 0.15) is 37.7 Å². The lowest BCUT2D eigenvalue weighted by Gasteiger charge is -2.13. The summed E-state index contributed by atoms with van der Waals surface area (Å²) >= 11 is 3.41. The van der Waals surface area contributed by atoms with Crippen molar-refractivity contribution in [3.63, 3.8) is 0 Å². The van der Waals surface area contributed by atoms with E-state index >= 15 is 0 Å². The molecule has 0 fully saturated rings. The Labute approximate surface area is 139 Å². The lowest BCUT2D eigenvalue weighted by atomic mass is 9.94. The first-order valence-electron chi connectivity index (χ1n) is 7.72. The van der Waals surface area contributed by atoms with Crippen LogP contribution in [0.5, 0.6) is 0 Å². The quantitative estimate of drug-likeness (QED) is 0.394. The fourth-order valence-electron chi connectivity index (χ4n) is 2.65. The van der Waals surface area contributed by atoms with Crippen LogP contribution in [0.3, 0.4) is 0 Å². The second kappa shape index (κ2) is 8.89. The number of halogens is 1. The van der Waals surface area contributed by atoms with Crippen molar-refractivity contribution < 1.29 is 14.3 Å². The molecule has 2 rings (SSSR count). The average molecular weight is 365 g/mol. The standard InChI is InChI=1S/C18H21BrO3/c19-10-6-2-5-9-15-11-16(20)12-17(15)18(21)22-13-14-7-3-1-4-8-14/h1,3-4,7-8,12,15H,2,5-6,9-11,13H2. The number of alkyl halides is 1.